The minimum atomic E-state index is -1.32. The van der Waals surface area contributed by atoms with Gasteiger partial charge in [-0.25, -0.2) is 4.98 Å². The molecule has 0 aliphatic carbocycles. The predicted octanol–water partition coefficient (Wildman–Crippen LogP) is -0.252. The molecule has 3 heterocycles. The molecule has 2 fully saturated rings. The molecular weight excluding hydrogens is 503 g/mol. The molecular formula is C26H33BN6O6. The van der Waals surface area contributed by atoms with Gasteiger partial charge in [-0.3, -0.25) is 29.1 Å². The lowest BCUT2D eigenvalue weighted by atomic mass is 9.73. The molecule has 2 saturated heterocycles. The van der Waals surface area contributed by atoms with E-state index < -0.39 is 54.9 Å². The second-order valence-corrected chi connectivity index (χ2v) is 10.1. The Labute approximate surface area is 227 Å². The van der Waals surface area contributed by atoms with E-state index >= 15 is 0 Å². The second kappa shape index (κ2) is 12.8. The number of likely N-dealkylation sites (N-methyl/N-ethyl adjacent to an activating group) is 1. The Hall–Kier alpha value is -3.84. The number of nitrogens with zero attached hydrogens (tertiary/aromatic N) is 3. The molecule has 3 N–H and O–H groups in total. The third-order valence-corrected chi connectivity index (χ3v) is 6.75. The smallest absolute Gasteiger partial charge is 0.497 e. The molecule has 2 bridgehead atoms. The number of carbonyl (C=O) groups is 4. The van der Waals surface area contributed by atoms with E-state index in [9.17, 15) is 19.2 Å². The number of carbonyl (C=O) groups excluding carboxylic acids is 4. The maximum atomic E-state index is 13.7. The first-order valence-corrected chi connectivity index (χ1v) is 13.0. The van der Waals surface area contributed by atoms with Crippen molar-refractivity contribution >= 4 is 30.9 Å². The number of benzene rings is 1. The molecule has 2 aliphatic rings. The lowest BCUT2D eigenvalue weighted by molar-refractivity contribution is -0.156. The second-order valence-electron chi connectivity index (χ2n) is 10.1. The summed E-state index contributed by atoms with van der Waals surface area (Å²) in [5, 5.41) is 8.69. The molecule has 0 unspecified atom stereocenters. The molecule has 1 aromatic carbocycles. The average molecular weight is 536 g/mol. The van der Waals surface area contributed by atoms with Gasteiger partial charge in [-0.1, -0.05) is 44.2 Å². The van der Waals surface area contributed by atoms with Gasteiger partial charge >= 0.3 is 19.1 Å². The van der Waals surface area contributed by atoms with Crippen LogP contribution in [0.4, 0.5) is 0 Å². The zero-order chi connectivity index (χ0) is 27.9. The van der Waals surface area contributed by atoms with E-state index in [2.05, 4.69) is 25.9 Å². The number of rotatable bonds is 9. The van der Waals surface area contributed by atoms with Crippen molar-refractivity contribution in [1.82, 2.24) is 30.8 Å². The molecule has 206 valence electrons. The van der Waals surface area contributed by atoms with Crippen LogP contribution in [0.1, 0.15) is 36.3 Å². The highest BCUT2D eigenvalue weighted by Crippen LogP contribution is 2.19. The number of nitrogens with one attached hydrogen (secondary N) is 3. The molecule has 1 aromatic heterocycles. The summed E-state index contributed by atoms with van der Waals surface area (Å²) in [4.78, 5) is 62.1. The first-order valence-electron chi connectivity index (χ1n) is 13.0. The molecule has 39 heavy (non-hydrogen) atoms. The summed E-state index contributed by atoms with van der Waals surface area (Å²) in [6.45, 7) is 4.55. The highest BCUT2D eigenvalue weighted by atomic mass is 16.6. The first-order chi connectivity index (χ1) is 18.7. The zero-order valence-corrected chi connectivity index (χ0v) is 22.2. The summed E-state index contributed by atoms with van der Waals surface area (Å²) < 4.78 is 11.3. The van der Waals surface area contributed by atoms with Crippen molar-refractivity contribution in [3.63, 3.8) is 0 Å². The Morgan fingerprint density at radius 2 is 1.74 bits per heavy atom. The quantitative estimate of drug-likeness (QED) is 0.366. The Kier molecular flexibility index (Phi) is 9.26. The van der Waals surface area contributed by atoms with Crippen LogP contribution in [0.5, 0.6) is 0 Å². The Bertz CT molecular complexity index is 1140. The molecule has 13 heteroatoms. The van der Waals surface area contributed by atoms with E-state index in [0.717, 1.165) is 5.56 Å². The van der Waals surface area contributed by atoms with Crippen molar-refractivity contribution in [1.29, 1.82) is 0 Å². The third-order valence-electron chi connectivity index (χ3n) is 6.75. The molecule has 0 spiro atoms. The van der Waals surface area contributed by atoms with Gasteiger partial charge < -0.3 is 25.3 Å². The third kappa shape index (κ3) is 7.18. The lowest BCUT2D eigenvalue weighted by Crippen LogP contribution is -2.66. The molecule has 4 rings (SSSR count). The van der Waals surface area contributed by atoms with Crippen LogP contribution in [0.2, 0.25) is 0 Å². The fraction of sp³-hybridized carbons (Fsp3) is 0.462. The van der Waals surface area contributed by atoms with Crippen LogP contribution in [-0.4, -0.2) is 89.9 Å². The summed E-state index contributed by atoms with van der Waals surface area (Å²) in [6.07, 6.45) is 4.69. The van der Waals surface area contributed by atoms with E-state index in [0.29, 0.717) is 19.5 Å². The van der Waals surface area contributed by atoms with Crippen molar-refractivity contribution in [2.24, 2.45) is 5.92 Å². The van der Waals surface area contributed by atoms with Crippen molar-refractivity contribution in [3.05, 3.63) is 60.2 Å². The predicted molar refractivity (Wildman–Crippen MR) is 141 cm³/mol. The highest BCUT2D eigenvalue weighted by Gasteiger charge is 2.48. The minimum absolute atomic E-state index is 0.0590. The van der Waals surface area contributed by atoms with Gasteiger partial charge in [-0.2, -0.15) is 0 Å². The van der Waals surface area contributed by atoms with Crippen LogP contribution in [0.3, 0.4) is 0 Å². The Morgan fingerprint density at radius 1 is 1.08 bits per heavy atom. The topological polar surface area (TPSA) is 152 Å². The van der Waals surface area contributed by atoms with E-state index in [1.807, 2.05) is 44.2 Å². The lowest BCUT2D eigenvalue weighted by Gasteiger charge is -2.40. The molecule has 0 saturated carbocycles. The average Bonchev–Trinajstić information content (AvgIpc) is 2.92. The highest BCUT2D eigenvalue weighted by molar-refractivity contribution is 6.51. The molecule has 2 amide bonds. The van der Waals surface area contributed by atoms with Crippen LogP contribution in [0, 0.1) is 5.92 Å². The van der Waals surface area contributed by atoms with Crippen LogP contribution in [0.15, 0.2) is 48.9 Å². The molecule has 2 aromatic rings. The van der Waals surface area contributed by atoms with Crippen LogP contribution in [-0.2, 0) is 30.1 Å². The fourth-order valence-corrected chi connectivity index (χ4v) is 4.67. The molecule has 4 atom stereocenters. The van der Waals surface area contributed by atoms with E-state index in [-0.39, 0.29) is 18.0 Å². The fourth-order valence-electron chi connectivity index (χ4n) is 4.67. The van der Waals surface area contributed by atoms with Gasteiger partial charge in [0.15, 0.2) is 0 Å². The van der Waals surface area contributed by atoms with Gasteiger partial charge in [0.1, 0.15) is 23.8 Å². The minimum Gasteiger partial charge on any atom is -0.497 e. The van der Waals surface area contributed by atoms with Crippen molar-refractivity contribution in [3.8, 4) is 0 Å². The van der Waals surface area contributed by atoms with Crippen molar-refractivity contribution in [2.45, 2.75) is 50.8 Å². The SMILES string of the molecule is CC(C)C[C@H](NC(=O)[C@H](Cc1ccccc1)NC(=O)c1cnccn1)B1OC(=O)[C@H]2CNC[C@@H](C(=O)O1)N2C. The maximum absolute atomic E-state index is 13.7. The standard InChI is InChI=1S/C26H33BN6O6/c1-16(2)11-22(27-38-25(36)20-14-29-15-21(33(20)3)26(37)39-27)32-23(34)18(12-17-7-5-4-6-8-17)31-24(35)19-13-28-9-10-30-19/h4-10,13,16,18,20-22,29H,11-12,14-15H2,1-3H3,(H,31,35)(H,32,34)/t18-,20-,21+,22-/m0/s1. The van der Waals surface area contributed by atoms with E-state index in [4.69, 9.17) is 9.31 Å². The summed E-state index contributed by atoms with van der Waals surface area (Å²) in [6, 6.07) is 6.92. The van der Waals surface area contributed by atoms with E-state index in [1.165, 1.54) is 18.6 Å². The summed E-state index contributed by atoms with van der Waals surface area (Å²) >= 11 is 0. The first kappa shape index (κ1) is 28.2. The number of piperazine rings is 1. The summed E-state index contributed by atoms with van der Waals surface area (Å²) in [5.41, 5.74) is 0.888. The van der Waals surface area contributed by atoms with Gasteiger partial charge in [0.2, 0.25) is 5.91 Å². The van der Waals surface area contributed by atoms with E-state index in [1.54, 1.807) is 11.9 Å². The molecule has 12 nitrogen and oxygen atoms in total. The summed E-state index contributed by atoms with van der Waals surface area (Å²) in [7, 11) is 0.363. The van der Waals surface area contributed by atoms with Crippen LogP contribution in [0.25, 0.3) is 0 Å². The van der Waals surface area contributed by atoms with Gasteiger partial charge in [0, 0.05) is 31.9 Å². The number of amides is 2. The molecule has 2 aliphatic heterocycles. The summed E-state index contributed by atoms with van der Waals surface area (Å²) in [5.74, 6) is -2.96. The van der Waals surface area contributed by atoms with Gasteiger partial charge in [0.25, 0.3) is 5.91 Å². The van der Waals surface area contributed by atoms with Crippen LogP contribution >= 0.6 is 0 Å². The number of aromatic nitrogens is 2. The van der Waals surface area contributed by atoms with Gasteiger partial charge in [-0.05, 0) is 24.9 Å². The monoisotopic (exact) mass is 536 g/mol. The maximum Gasteiger partial charge on any atom is 0.622 e. The van der Waals surface area contributed by atoms with Gasteiger partial charge in [0.05, 0.1) is 12.1 Å². The largest absolute Gasteiger partial charge is 0.622 e. The zero-order valence-electron chi connectivity index (χ0n) is 22.2. The van der Waals surface area contributed by atoms with Crippen LogP contribution < -0.4 is 16.0 Å². The van der Waals surface area contributed by atoms with Gasteiger partial charge in [-0.15, -0.1) is 0 Å². The van der Waals surface area contributed by atoms with Crippen molar-refractivity contribution < 1.29 is 28.5 Å². The number of hydrogen-bond acceptors (Lipinski definition) is 10. The van der Waals surface area contributed by atoms with Crippen molar-refractivity contribution in [2.75, 3.05) is 20.1 Å². The number of fused-ring (bicyclic) bond motifs is 2. The molecule has 0 radical (unpaired) electrons. The Morgan fingerprint density at radius 3 is 2.33 bits per heavy atom. The normalized spacial score (nSPS) is 21.2. The Balaban J connectivity index is 1.56. The number of hydrogen-bond donors (Lipinski definition) is 3.